The van der Waals surface area contributed by atoms with Gasteiger partial charge in [0.25, 0.3) is 0 Å². The largest absolute Gasteiger partial charge is 0.489 e. The van der Waals surface area contributed by atoms with Gasteiger partial charge in [-0.3, -0.25) is 0 Å². The predicted molar refractivity (Wildman–Crippen MR) is 120 cm³/mol. The van der Waals surface area contributed by atoms with Gasteiger partial charge in [-0.1, -0.05) is 42.2 Å². The van der Waals surface area contributed by atoms with Crippen LogP contribution in [0.2, 0.25) is 0 Å². The molecule has 0 amide bonds. The van der Waals surface area contributed by atoms with E-state index in [2.05, 4.69) is 12.1 Å². The highest BCUT2D eigenvalue weighted by Crippen LogP contribution is 2.31. The Kier molecular flexibility index (Phi) is 10.9. The van der Waals surface area contributed by atoms with Crippen molar-refractivity contribution in [2.24, 2.45) is 5.16 Å². The summed E-state index contributed by atoms with van der Waals surface area (Å²) >= 11 is 11.3. The number of aryl methyl sites for hydroxylation is 2. The SMILES string of the molecule is CCCOC(Oc1c(C)cc(OCC=C(Cl)Cl)cc1CC)C(C)=NOC(C)(C)C. The molecule has 1 unspecified atom stereocenters. The van der Waals surface area contributed by atoms with E-state index in [1.54, 1.807) is 6.08 Å². The predicted octanol–water partition coefficient (Wildman–Crippen LogP) is 6.58. The van der Waals surface area contributed by atoms with E-state index < -0.39 is 6.29 Å². The summed E-state index contributed by atoms with van der Waals surface area (Å²) in [5.41, 5.74) is 2.18. The van der Waals surface area contributed by atoms with Crippen LogP contribution in [0, 0.1) is 6.92 Å². The zero-order chi connectivity index (χ0) is 22.0. The molecule has 0 spiro atoms. The van der Waals surface area contributed by atoms with Crippen LogP contribution in [0.4, 0.5) is 0 Å². The Morgan fingerprint density at radius 1 is 1.21 bits per heavy atom. The van der Waals surface area contributed by atoms with Crippen LogP contribution in [-0.4, -0.2) is 30.8 Å². The molecule has 1 aromatic carbocycles. The normalized spacial score (nSPS) is 13.1. The van der Waals surface area contributed by atoms with Gasteiger partial charge in [-0.2, -0.15) is 0 Å². The van der Waals surface area contributed by atoms with E-state index in [4.69, 9.17) is 42.3 Å². The highest BCUT2D eigenvalue weighted by molar-refractivity contribution is 6.55. The summed E-state index contributed by atoms with van der Waals surface area (Å²) in [4.78, 5) is 5.54. The number of oxime groups is 1. The molecule has 5 nitrogen and oxygen atoms in total. The highest BCUT2D eigenvalue weighted by Gasteiger charge is 2.21. The first kappa shape index (κ1) is 25.6. The van der Waals surface area contributed by atoms with E-state index in [0.29, 0.717) is 18.9 Å². The van der Waals surface area contributed by atoms with Gasteiger partial charge in [0, 0.05) is 0 Å². The molecule has 29 heavy (non-hydrogen) atoms. The van der Waals surface area contributed by atoms with Crippen molar-refractivity contribution >= 4 is 28.9 Å². The molecule has 1 aromatic rings. The number of halogens is 2. The fourth-order valence-corrected chi connectivity index (χ4v) is 2.48. The second kappa shape index (κ2) is 12.3. The van der Waals surface area contributed by atoms with Crippen molar-refractivity contribution in [2.75, 3.05) is 13.2 Å². The molecule has 1 rings (SSSR count). The summed E-state index contributed by atoms with van der Waals surface area (Å²) < 4.78 is 18.0. The van der Waals surface area contributed by atoms with Crippen molar-refractivity contribution in [3.8, 4) is 11.5 Å². The number of benzene rings is 1. The second-order valence-electron chi connectivity index (χ2n) is 7.64. The summed E-state index contributed by atoms with van der Waals surface area (Å²) in [5, 5.41) is 4.22. The van der Waals surface area contributed by atoms with Crippen molar-refractivity contribution in [3.63, 3.8) is 0 Å². The van der Waals surface area contributed by atoms with E-state index >= 15 is 0 Å². The van der Waals surface area contributed by atoms with E-state index in [9.17, 15) is 0 Å². The van der Waals surface area contributed by atoms with Crippen LogP contribution in [0.1, 0.15) is 59.1 Å². The fourth-order valence-electron chi connectivity index (χ4n) is 2.35. The maximum Gasteiger partial charge on any atom is 0.242 e. The van der Waals surface area contributed by atoms with Gasteiger partial charge in [0.1, 0.15) is 33.9 Å². The molecule has 0 heterocycles. The van der Waals surface area contributed by atoms with E-state index in [1.165, 1.54) is 0 Å². The van der Waals surface area contributed by atoms with Crippen molar-refractivity contribution in [2.45, 2.75) is 73.2 Å². The third-order valence-electron chi connectivity index (χ3n) is 3.70. The van der Waals surface area contributed by atoms with Crippen molar-refractivity contribution in [1.29, 1.82) is 0 Å². The number of hydrogen-bond donors (Lipinski definition) is 0. The van der Waals surface area contributed by atoms with Crippen LogP contribution in [-0.2, 0) is 16.0 Å². The molecule has 0 saturated heterocycles. The molecule has 0 fully saturated rings. The van der Waals surface area contributed by atoms with E-state index in [-0.39, 0.29) is 10.1 Å². The number of nitrogens with zero attached hydrogens (tertiary/aromatic N) is 1. The third-order valence-corrected chi connectivity index (χ3v) is 4.01. The van der Waals surface area contributed by atoms with Crippen LogP contribution in [0.25, 0.3) is 0 Å². The molecule has 0 radical (unpaired) electrons. The van der Waals surface area contributed by atoms with Crippen LogP contribution >= 0.6 is 23.2 Å². The monoisotopic (exact) mass is 445 g/mol. The van der Waals surface area contributed by atoms with Crippen molar-refractivity contribution < 1.29 is 19.0 Å². The lowest BCUT2D eigenvalue weighted by atomic mass is 10.1. The Hall–Kier alpha value is -1.43. The van der Waals surface area contributed by atoms with Crippen LogP contribution in [0.3, 0.4) is 0 Å². The molecule has 1 atom stereocenters. The molecule has 164 valence electrons. The highest BCUT2D eigenvalue weighted by atomic mass is 35.5. The van der Waals surface area contributed by atoms with E-state index in [0.717, 1.165) is 35.5 Å². The Balaban J connectivity index is 3.09. The zero-order valence-corrected chi connectivity index (χ0v) is 20.0. The summed E-state index contributed by atoms with van der Waals surface area (Å²) in [5.74, 6) is 1.49. The van der Waals surface area contributed by atoms with Crippen LogP contribution < -0.4 is 9.47 Å². The maximum absolute atomic E-state index is 6.25. The number of rotatable bonds is 11. The molecule has 0 aliphatic carbocycles. The topological polar surface area (TPSA) is 49.3 Å². The number of ether oxygens (including phenoxy) is 3. The minimum absolute atomic E-state index is 0.181. The Bertz CT molecular complexity index is 707. The fraction of sp³-hybridized carbons (Fsp3) is 0.591. The molecule has 0 aromatic heterocycles. The first-order chi connectivity index (χ1) is 13.6. The smallest absolute Gasteiger partial charge is 0.242 e. The first-order valence-electron chi connectivity index (χ1n) is 9.85. The first-order valence-corrected chi connectivity index (χ1v) is 10.6. The summed E-state index contributed by atoms with van der Waals surface area (Å²) in [6.45, 7) is 14.6. The summed E-state index contributed by atoms with van der Waals surface area (Å²) in [7, 11) is 0. The van der Waals surface area contributed by atoms with Gasteiger partial charge < -0.3 is 19.0 Å². The van der Waals surface area contributed by atoms with Gasteiger partial charge in [0.05, 0.1) is 6.61 Å². The molecule has 0 bridgehead atoms. The molecule has 0 saturated carbocycles. The second-order valence-corrected chi connectivity index (χ2v) is 8.65. The molecule has 0 N–H and O–H groups in total. The number of hydrogen-bond acceptors (Lipinski definition) is 5. The average molecular weight is 446 g/mol. The lowest BCUT2D eigenvalue weighted by Crippen LogP contribution is -2.31. The summed E-state index contributed by atoms with van der Waals surface area (Å²) in [6.07, 6.45) is 2.61. The van der Waals surface area contributed by atoms with Crippen molar-refractivity contribution in [3.05, 3.63) is 33.8 Å². The van der Waals surface area contributed by atoms with Gasteiger partial charge in [-0.25, -0.2) is 0 Å². The molecule has 0 aliphatic heterocycles. The van der Waals surface area contributed by atoms with Gasteiger partial charge in [0.15, 0.2) is 0 Å². The molecule has 7 heteroatoms. The Morgan fingerprint density at radius 3 is 2.45 bits per heavy atom. The molecular weight excluding hydrogens is 413 g/mol. The van der Waals surface area contributed by atoms with Crippen molar-refractivity contribution in [1.82, 2.24) is 0 Å². The average Bonchev–Trinajstić information content (AvgIpc) is 2.63. The molecular formula is C22H33Cl2NO4. The third kappa shape index (κ3) is 9.75. The van der Waals surface area contributed by atoms with Gasteiger partial charge >= 0.3 is 0 Å². The lowest BCUT2D eigenvalue weighted by molar-refractivity contribution is -0.0426. The van der Waals surface area contributed by atoms with Gasteiger partial charge in [0.2, 0.25) is 6.29 Å². The van der Waals surface area contributed by atoms with Gasteiger partial charge in [-0.05, 0) is 76.8 Å². The zero-order valence-electron chi connectivity index (χ0n) is 18.5. The standard InChI is InChI=1S/C22H33Cl2NO4/c1-8-11-27-21(16(4)25-29-22(5,6)7)28-20-15(3)13-18(14-17(20)9-2)26-12-10-19(23)24/h10,13-14,21H,8-9,11-12H2,1-7H3. The molecule has 0 aliphatic rings. The Morgan fingerprint density at radius 2 is 1.90 bits per heavy atom. The van der Waals surface area contributed by atoms with Gasteiger partial charge in [-0.15, -0.1) is 0 Å². The van der Waals surface area contributed by atoms with Crippen LogP contribution in [0.15, 0.2) is 27.9 Å². The lowest BCUT2D eigenvalue weighted by Gasteiger charge is -2.24. The van der Waals surface area contributed by atoms with Crippen LogP contribution in [0.5, 0.6) is 11.5 Å². The Labute approximate surface area is 184 Å². The minimum Gasteiger partial charge on any atom is -0.489 e. The van der Waals surface area contributed by atoms with E-state index in [1.807, 2.05) is 53.7 Å². The quantitative estimate of drug-likeness (QED) is 0.219. The minimum atomic E-state index is -0.633. The maximum atomic E-state index is 6.25. The summed E-state index contributed by atoms with van der Waals surface area (Å²) in [6, 6.07) is 3.87.